The van der Waals surface area contributed by atoms with Gasteiger partial charge in [-0.15, -0.1) is 0 Å². The number of anilines is 4. The molecule has 5 rings (SSSR count). The van der Waals surface area contributed by atoms with Crippen LogP contribution in [0.3, 0.4) is 0 Å². The Bertz CT molecular complexity index is 1450. The number of aromatic nitrogens is 3. The van der Waals surface area contributed by atoms with Crippen molar-refractivity contribution in [2.24, 2.45) is 5.10 Å². The molecule has 0 aliphatic carbocycles. The van der Waals surface area contributed by atoms with Gasteiger partial charge >= 0.3 is 0 Å². The summed E-state index contributed by atoms with van der Waals surface area (Å²) >= 11 is 6.14. The summed E-state index contributed by atoms with van der Waals surface area (Å²) in [4.78, 5) is 15.9. The molecule has 2 heterocycles. The third kappa shape index (κ3) is 6.95. The van der Waals surface area contributed by atoms with E-state index < -0.39 is 5.82 Å². The van der Waals surface area contributed by atoms with Crippen molar-refractivity contribution >= 4 is 41.3 Å². The van der Waals surface area contributed by atoms with Crippen molar-refractivity contribution < 1.29 is 13.9 Å². The zero-order valence-electron chi connectivity index (χ0n) is 22.0. The number of ether oxygens (including phenoxy) is 2. The molecule has 1 saturated heterocycles. The minimum absolute atomic E-state index is 0.0535. The zero-order chi connectivity index (χ0) is 27.7. The Kier molecular flexibility index (Phi) is 8.87. The van der Waals surface area contributed by atoms with Gasteiger partial charge in [-0.25, -0.2) is 9.82 Å². The summed E-state index contributed by atoms with van der Waals surface area (Å²) in [7, 11) is 1.54. The van der Waals surface area contributed by atoms with Crippen LogP contribution in [0, 0.1) is 5.82 Å². The molecule has 1 aromatic heterocycles. The van der Waals surface area contributed by atoms with Crippen molar-refractivity contribution in [2.75, 3.05) is 35.8 Å². The molecule has 0 unspecified atom stereocenters. The van der Waals surface area contributed by atoms with E-state index in [2.05, 4.69) is 35.7 Å². The van der Waals surface area contributed by atoms with Crippen LogP contribution in [0.1, 0.15) is 30.4 Å². The molecular weight excluding hydrogens is 533 g/mol. The lowest BCUT2D eigenvalue weighted by Gasteiger charge is -2.26. The molecule has 4 aromatic rings. The van der Waals surface area contributed by atoms with Gasteiger partial charge in [-0.05, 0) is 67.3 Å². The molecular formula is C29H29ClFN7O2. The summed E-state index contributed by atoms with van der Waals surface area (Å²) in [6, 6.07) is 19.5. The van der Waals surface area contributed by atoms with Crippen LogP contribution in [-0.4, -0.2) is 41.4 Å². The molecule has 40 heavy (non-hydrogen) atoms. The summed E-state index contributed by atoms with van der Waals surface area (Å²) in [5, 5.41) is 7.87. The number of benzene rings is 3. The number of hydrogen-bond acceptors (Lipinski definition) is 9. The fraction of sp³-hybridized carbons (Fsp3) is 0.241. The highest BCUT2D eigenvalue weighted by molar-refractivity contribution is 6.31. The maximum atomic E-state index is 14.2. The largest absolute Gasteiger partial charge is 0.493 e. The number of nitrogens with zero attached hydrogens (tertiary/aromatic N) is 5. The Hall–Kier alpha value is -4.44. The van der Waals surface area contributed by atoms with Gasteiger partial charge in [0.2, 0.25) is 17.8 Å². The van der Waals surface area contributed by atoms with Crippen molar-refractivity contribution in [2.45, 2.75) is 25.9 Å². The molecule has 3 aromatic carbocycles. The summed E-state index contributed by atoms with van der Waals surface area (Å²) in [6.45, 7) is 1.73. The SMILES string of the molecule is COc1ccc(C=NNc2nc(Nc3ccccc3)nc(N3CCCCC3)n2)cc1OCc1c(F)cccc1Cl. The lowest BCUT2D eigenvalue weighted by atomic mass is 10.1. The molecule has 1 aliphatic rings. The van der Waals surface area contributed by atoms with Gasteiger partial charge in [-0.2, -0.15) is 20.1 Å². The number of halogens is 2. The van der Waals surface area contributed by atoms with E-state index >= 15 is 0 Å². The Morgan fingerprint density at radius 2 is 1.75 bits per heavy atom. The lowest BCUT2D eigenvalue weighted by Crippen LogP contribution is -2.31. The average molecular weight is 562 g/mol. The molecule has 0 spiro atoms. The van der Waals surface area contributed by atoms with Crippen LogP contribution >= 0.6 is 11.6 Å². The first kappa shape index (κ1) is 27.1. The zero-order valence-corrected chi connectivity index (χ0v) is 22.7. The monoisotopic (exact) mass is 561 g/mol. The van der Waals surface area contributed by atoms with Gasteiger partial charge < -0.3 is 19.7 Å². The number of piperidine rings is 1. The second kappa shape index (κ2) is 13.1. The molecule has 0 saturated carbocycles. The quantitative estimate of drug-likeness (QED) is 0.169. The molecule has 1 fully saturated rings. The van der Waals surface area contributed by atoms with Crippen LogP contribution in [0.5, 0.6) is 11.5 Å². The molecule has 0 bridgehead atoms. The third-order valence-electron chi connectivity index (χ3n) is 6.29. The highest BCUT2D eigenvalue weighted by atomic mass is 35.5. The van der Waals surface area contributed by atoms with Gasteiger partial charge in [0.25, 0.3) is 0 Å². The van der Waals surface area contributed by atoms with Crippen LogP contribution in [0.15, 0.2) is 71.8 Å². The van der Waals surface area contributed by atoms with Gasteiger partial charge in [-0.3, -0.25) is 0 Å². The second-order valence-corrected chi connectivity index (χ2v) is 9.50. The molecule has 11 heteroatoms. The fourth-order valence-electron chi connectivity index (χ4n) is 4.23. The minimum Gasteiger partial charge on any atom is -0.493 e. The minimum atomic E-state index is -0.434. The first-order chi connectivity index (χ1) is 19.6. The van der Waals surface area contributed by atoms with E-state index in [1.165, 1.54) is 19.6 Å². The number of rotatable bonds is 10. The Balaban J connectivity index is 1.33. The Morgan fingerprint density at radius 1 is 0.950 bits per heavy atom. The molecule has 1 aliphatic heterocycles. The van der Waals surface area contributed by atoms with Crippen molar-refractivity contribution in [3.05, 3.63) is 88.7 Å². The second-order valence-electron chi connectivity index (χ2n) is 9.09. The molecule has 0 atom stereocenters. The van der Waals surface area contributed by atoms with E-state index in [0.29, 0.717) is 34.4 Å². The fourth-order valence-corrected chi connectivity index (χ4v) is 4.45. The number of hydrogen-bond donors (Lipinski definition) is 2. The molecule has 2 N–H and O–H groups in total. The van der Waals surface area contributed by atoms with E-state index in [1.807, 2.05) is 36.4 Å². The van der Waals surface area contributed by atoms with E-state index in [-0.39, 0.29) is 12.2 Å². The third-order valence-corrected chi connectivity index (χ3v) is 6.65. The smallest absolute Gasteiger partial charge is 0.250 e. The maximum absolute atomic E-state index is 14.2. The lowest BCUT2D eigenvalue weighted by molar-refractivity contribution is 0.280. The van der Waals surface area contributed by atoms with Gasteiger partial charge in [0.1, 0.15) is 12.4 Å². The summed E-state index contributed by atoms with van der Waals surface area (Å²) in [5.74, 6) is 1.81. The molecule has 0 radical (unpaired) electrons. The first-order valence-corrected chi connectivity index (χ1v) is 13.3. The van der Waals surface area contributed by atoms with Crippen LogP contribution in [0.2, 0.25) is 5.02 Å². The van der Waals surface area contributed by atoms with E-state index in [4.69, 9.17) is 21.1 Å². The Morgan fingerprint density at radius 3 is 2.52 bits per heavy atom. The highest BCUT2D eigenvalue weighted by Crippen LogP contribution is 2.30. The highest BCUT2D eigenvalue weighted by Gasteiger charge is 2.17. The maximum Gasteiger partial charge on any atom is 0.250 e. The topological polar surface area (TPSA) is 96.8 Å². The van der Waals surface area contributed by atoms with Crippen molar-refractivity contribution in [1.82, 2.24) is 15.0 Å². The van der Waals surface area contributed by atoms with Crippen molar-refractivity contribution in [1.29, 1.82) is 0 Å². The van der Waals surface area contributed by atoms with E-state index in [1.54, 1.807) is 30.5 Å². The normalized spacial score (nSPS) is 13.3. The number of para-hydroxylation sites is 1. The predicted octanol–water partition coefficient (Wildman–Crippen LogP) is 6.43. The predicted molar refractivity (Wildman–Crippen MR) is 156 cm³/mol. The number of hydrazone groups is 1. The standard InChI is InChI=1S/C29H29ClFN7O2/c1-39-25-14-13-20(17-26(25)40-19-22-23(30)11-8-12-24(22)31)18-32-37-28-34-27(33-21-9-4-2-5-10-21)35-29(36-28)38-15-6-3-7-16-38/h2,4-5,8-14,17-18H,3,6-7,15-16,19H2,1H3,(H2,33,34,35,36,37). The first-order valence-electron chi connectivity index (χ1n) is 12.9. The Labute approximate surface area is 237 Å². The molecule has 9 nitrogen and oxygen atoms in total. The van der Waals surface area contributed by atoms with Gasteiger partial charge in [0, 0.05) is 24.3 Å². The summed E-state index contributed by atoms with van der Waals surface area (Å²) < 4.78 is 25.5. The number of methoxy groups -OCH3 is 1. The van der Waals surface area contributed by atoms with Crippen LogP contribution in [-0.2, 0) is 6.61 Å². The number of nitrogens with one attached hydrogen (secondary N) is 2. The average Bonchev–Trinajstić information content (AvgIpc) is 2.98. The van der Waals surface area contributed by atoms with Gasteiger partial charge in [0.15, 0.2) is 11.5 Å². The van der Waals surface area contributed by atoms with E-state index in [0.717, 1.165) is 37.2 Å². The summed E-state index contributed by atoms with van der Waals surface area (Å²) in [5.41, 5.74) is 4.78. The van der Waals surface area contributed by atoms with Crippen LogP contribution in [0.4, 0.5) is 27.9 Å². The van der Waals surface area contributed by atoms with Crippen molar-refractivity contribution in [3.63, 3.8) is 0 Å². The van der Waals surface area contributed by atoms with Crippen LogP contribution < -0.4 is 25.1 Å². The molecule has 206 valence electrons. The van der Waals surface area contributed by atoms with E-state index in [9.17, 15) is 4.39 Å². The van der Waals surface area contributed by atoms with Crippen LogP contribution in [0.25, 0.3) is 0 Å². The molecule has 0 amide bonds. The van der Waals surface area contributed by atoms with Gasteiger partial charge in [0.05, 0.1) is 18.3 Å². The van der Waals surface area contributed by atoms with Crippen molar-refractivity contribution in [3.8, 4) is 11.5 Å². The van der Waals surface area contributed by atoms with Gasteiger partial charge in [-0.1, -0.05) is 35.9 Å². The summed E-state index contributed by atoms with van der Waals surface area (Å²) in [6.07, 6.45) is 5.00.